The van der Waals surface area contributed by atoms with Crippen molar-refractivity contribution >= 4 is 17.7 Å². The van der Waals surface area contributed by atoms with Crippen LogP contribution in [0.4, 0.5) is 0 Å². The Balaban J connectivity index is 1.34. The molecule has 4 heteroatoms. The first-order valence-electron chi connectivity index (χ1n) is 9.86. The molecule has 3 nitrogen and oxygen atoms in total. The van der Waals surface area contributed by atoms with Crippen LogP contribution in [0.5, 0.6) is 0 Å². The number of hydrogen-bond donors (Lipinski definition) is 1. The lowest BCUT2D eigenvalue weighted by atomic mass is 9.95. The van der Waals surface area contributed by atoms with Gasteiger partial charge in [-0.1, -0.05) is 42.0 Å². The quantitative estimate of drug-likeness (QED) is 0.568. The van der Waals surface area contributed by atoms with Crippen molar-refractivity contribution in [2.45, 2.75) is 38.1 Å². The second-order valence-electron chi connectivity index (χ2n) is 7.43. The number of carbonyl (C=O) groups excluding carboxylic acids is 1. The molecule has 0 radical (unpaired) electrons. The number of hydrogen-bond acceptors (Lipinski definition) is 3. The SMILES string of the molecule is Cc1ccc(SCCNC(=O)C2CCN(Cc3ccccc3C)CC2)cc1. The Morgan fingerprint density at radius 2 is 1.78 bits per heavy atom. The average molecular weight is 383 g/mol. The number of rotatable bonds is 7. The fraction of sp³-hybridized carbons (Fsp3) is 0.435. The van der Waals surface area contributed by atoms with E-state index >= 15 is 0 Å². The molecule has 0 unspecified atom stereocenters. The van der Waals surface area contributed by atoms with E-state index in [9.17, 15) is 4.79 Å². The molecular formula is C23H30N2OS. The number of aryl methyl sites for hydroxylation is 2. The first kappa shape index (κ1) is 20.0. The summed E-state index contributed by atoms with van der Waals surface area (Å²) in [6, 6.07) is 17.1. The highest BCUT2D eigenvalue weighted by atomic mass is 32.2. The van der Waals surface area contributed by atoms with Crippen molar-refractivity contribution in [3.8, 4) is 0 Å². The standard InChI is InChI=1S/C23H30N2OS/c1-18-7-9-22(10-8-18)27-16-13-24-23(26)20-11-14-25(15-12-20)17-21-6-4-3-5-19(21)2/h3-10,20H,11-17H2,1-2H3,(H,24,26). The van der Waals surface area contributed by atoms with Gasteiger partial charge in [-0.15, -0.1) is 11.8 Å². The van der Waals surface area contributed by atoms with Crippen molar-refractivity contribution in [3.05, 3.63) is 65.2 Å². The predicted molar refractivity (Wildman–Crippen MR) is 114 cm³/mol. The number of piperidine rings is 1. The molecule has 1 aliphatic heterocycles. The molecule has 1 saturated heterocycles. The van der Waals surface area contributed by atoms with Gasteiger partial charge in [-0.3, -0.25) is 9.69 Å². The Morgan fingerprint density at radius 3 is 2.48 bits per heavy atom. The largest absolute Gasteiger partial charge is 0.355 e. The molecule has 1 fully saturated rings. The normalized spacial score (nSPS) is 15.6. The van der Waals surface area contributed by atoms with Crippen molar-refractivity contribution in [1.29, 1.82) is 0 Å². The molecule has 0 atom stereocenters. The molecule has 0 aromatic heterocycles. The molecule has 27 heavy (non-hydrogen) atoms. The van der Waals surface area contributed by atoms with E-state index < -0.39 is 0 Å². The summed E-state index contributed by atoms with van der Waals surface area (Å²) in [5.74, 6) is 1.32. The lowest BCUT2D eigenvalue weighted by Gasteiger charge is -2.31. The minimum atomic E-state index is 0.169. The van der Waals surface area contributed by atoms with E-state index in [1.165, 1.54) is 21.6 Å². The first-order chi connectivity index (χ1) is 13.1. The molecule has 1 amide bonds. The highest BCUT2D eigenvalue weighted by molar-refractivity contribution is 7.99. The van der Waals surface area contributed by atoms with Crippen LogP contribution in [0.25, 0.3) is 0 Å². The summed E-state index contributed by atoms with van der Waals surface area (Å²) < 4.78 is 0. The second-order valence-corrected chi connectivity index (χ2v) is 8.60. The zero-order chi connectivity index (χ0) is 19.1. The van der Waals surface area contributed by atoms with Gasteiger partial charge in [0.05, 0.1) is 0 Å². The van der Waals surface area contributed by atoms with E-state index in [0.717, 1.165) is 44.8 Å². The molecule has 2 aromatic rings. The Kier molecular flexibility index (Phi) is 7.36. The van der Waals surface area contributed by atoms with E-state index in [1.807, 2.05) is 0 Å². The minimum absolute atomic E-state index is 0.169. The summed E-state index contributed by atoms with van der Waals surface area (Å²) in [7, 11) is 0. The van der Waals surface area contributed by atoms with Gasteiger partial charge in [-0.2, -0.15) is 0 Å². The maximum Gasteiger partial charge on any atom is 0.223 e. The highest BCUT2D eigenvalue weighted by Gasteiger charge is 2.24. The Bertz CT molecular complexity index is 736. The monoisotopic (exact) mass is 382 g/mol. The molecule has 0 spiro atoms. The van der Waals surface area contributed by atoms with E-state index in [0.29, 0.717) is 0 Å². The Labute approximate surface area is 167 Å². The summed E-state index contributed by atoms with van der Waals surface area (Å²) in [6.45, 7) is 8.01. The molecule has 3 rings (SSSR count). The van der Waals surface area contributed by atoms with Crippen molar-refractivity contribution in [2.75, 3.05) is 25.4 Å². The van der Waals surface area contributed by atoms with E-state index in [2.05, 4.69) is 72.6 Å². The second kappa shape index (κ2) is 9.95. The van der Waals surface area contributed by atoms with Gasteiger partial charge in [-0.05, 0) is 63.0 Å². The Hall–Kier alpha value is -1.78. The van der Waals surface area contributed by atoms with Gasteiger partial charge in [0.15, 0.2) is 0 Å². The number of likely N-dealkylation sites (tertiary alicyclic amines) is 1. The van der Waals surface area contributed by atoms with Gasteiger partial charge in [0.25, 0.3) is 0 Å². The molecule has 1 N–H and O–H groups in total. The third-order valence-electron chi connectivity index (χ3n) is 5.30. The van der Waals surface area contributed by atoms with Crippen LogP contribution in [0.3, 0.4) is 0 Å². The smallest absolute Gasteiger partial charge is 0.223 e. The average Bonchev–Trinajstić information content (AvgIpc) is 2.69. The van der Waals surface area contributed by atoms with Crippen LogP contribution in [-0.4, -0.2) is 36.2 Å². The number of carbonyl (C=O) groups is 1. The van der Waals surface area contributed by atoms with Crippen LogP contribution < -0.4 is 5.32 Å². The maximum absolute atomic E-state index is 12.4. The zero-order valence-corrected chi connectivity index (χ0v) is 17.2. The molecule has 2 aromatic carbocycles. The van der Waals surface area contributed by atoms with E-state index in [4.69, 9.17) is 0 Å². The lowest BCUT2D eigenvalue weighted by Crippen LogP contribution is -2.40. The first-order valence-corrected chi connectivity index (χ1v) is 10.8. The number of nitrogens with zero attached hydrogens (tertiary/aromatic N) is 1. The predicted octanol–water partition coefficient (Wildman–Crippen LogP) is 4.42. The van der Waals surface area contributed by atoms with Crippen LogP contribution >= 0.6 is 11.8 Å². The van der Waals surface area contributed by atoms with Crippen molar-refractivity contribution < 1.29 is 4.79 Å². The third kappa shape index (κ3) is 6.12. The van der Waals surface area contributed by atoms with Gasteiger partial charge in [-0.25, -0.2) is 0 Å². The molecule has 0 aliphatic carbocycles. The molecule has 1 heterocycles. The fourth-order valence-corrected chi connectivity index (χ4v) is 4.27. The summed E-state index contributed by atoms with van der Waals surface area (Å²) in [6.07, 6.45) is 1.92. The summed E-state index contributed by atoms with van der Waals surface area (Å²) in [5, 5.41) is 3.13. The summed E-state index contributed by atoms with van der Waals surface area (Å²) >= 11 is 1.80. The molecule has 0 saturated carbocycles. The maximum atomic E-state index is 12.4. The van der Waals surface area contributed by atoms with Crippen LogP contribution in [-0.2, 0) is 11.3 Å². The van der Waals surface area contributed by atoms with Crippen molar-refractivity contribution in [1.82, 2.24) is 10.2 Å². The molecular weight excluding hydrogens is 352 g/mol. The fourth-order valence-electron chi connectivity index (χ4n) is 3.50. The van der Waals surface area contributed by atoms with Crippen LogP contribution in [0, 0.1) is 19.8 Å². The van der Waals surface area contributed by atoms with Crippen LogP contribution in [0.2, 0.25) is 0 Å². The minimum Gasteiger partial charge on any atom is -0.355 e. The van der Waals surface area contributed by atoms with Crippen LogP contribution in [0.15, 0.2) is 53.4 Å². The van der Waals surface area contributed by atoms with E-state index in [-0.39, 0.29) is 11.8 Å². The van der Waals surface area contributed by atoms with Gasteiger partial charge < -0.3 is 5.32 Å². The topological polar surface area (TPSA) is 32.3 Å². The Morgan fingerprint density at radius 1 is 1.07 bits per heavy atom. The highest BCUT2D eigenvalue weighted by Crippen LogP contribution is 2.21. The third-order valence-corrected chi connectivity index (χ3v) is 6.32. The number of benzene rings is 2. The van der Waals surface area contributed by atoms with Gasteiger partial charge in [0.1, 0.15) is 0 Å². The molecule has 1 aliphatic rings. The number of nitrogens with one attached hydrogen (secondary N) is 1. The number of amides is 1. The van der Waals surface area contributed by atoms with Gasteiger partial charge in [0, 0.05) is 29.7 Å². The van der Waals surface area contributed by atoms with Gasteiger partial charge in [0.2, 0.25) is 5.91 Å². The van der Waals surface area contributed by atoms with E-state index in [1.54, 1.807) is 11.8 Å². The van der Waals surface area contributed by atoms with Crippen molar-refractivity contribution in [3.63, 3.8) is 0 Å². The lowest BCUT2D eigenvalue weighted by molar-refractivity contribution is -0.126. The molecule has 144 valence electrons. The van der Waals surface area contributed by atoms with Crippen LogP contribution in [0.1, 0.15) is 29.5 Å². The molecule has 0 bridgehead atoms. The summed E-state index contributed by atoms with van der Waals surface area (Å²) in [5.41, 5.74) is 4.03. The summed E-state index contributed by atoms with van der Waals surface area (Å²) in [4.78, 5) is 16.2. The number of thioether (sulfide) groups is 1. The van der Waals surface area contributed by atoms with Crippen molar-refractivity contribution in [2.24, 2.45) is 5.92 Å². The van der Waals surface area contributed by atoms with Gasteiger partial charge >= 0.3 is 0 Å². The zero-order valence-electron chi connectivity index (χ0n) is 16.4.